The van der Waals surface area contributed by atoms with E-state index in [-0.39, 0.29) is 11.6 Å². The van der Waals surface area contributed by atoms with Gasteiger partial charge in [0, 0.05) is 23.9 Å². The quantitative estimate of drug-likeness (QED) is 0.369. The van der Waals surface area contributed by atoms with Gasteiger partial charge in [0.1, 0.15) is 11.6 Å². The summed E-state index contributed by atoms with van der Waals surface area (Å²) in [4.78, 5) is 4.39. The molecule has 0 aliphatic heterocycles. The van der Waals surface area contributed by atoms with Gasteiger partial charge in [-0.3, -0.25) is 9.38 Å². The fourth-order valence-electron chi connectivity index (χ4n) is 4.42. The van der Waals surface area contributed by atoms with E-state index < -0.39 is 0 Å². The molecular weight excluding hydrogens is 403 g/mol. The van der Waals surface area contributed by atoms with Gasteiger partial charge in [0.2, 0.25) is 0 Å². The van der Waals surface area contributed by atoms with E-state index in [2.05, 4.69) is 25.6 Å². The lowest BCUT2D eigenvalue weighted by molar-refractivity contribution is 0.437. The number of rotatable bonds is 6. The SMILES string of the molecule is Cc1ccc(Oc2ccc(-c3ccn4c(CC5CC5)nnc4c3C3CC3)cc2F)c(C)n1. The van der Waals surface area contributed by atoms with Crippen LogP contribution in [0, 0.1) is 25.6 Å². The summed E-state index contributed by atoms with van der Waals surface area (Å²) in [6.45, 7) is 3.78. The Kier molecular flexibility index (Phi) is 4.49. The molecule has 4 aromatic rings. The lowest BCUT2D eigenvalue weighted by Crippen LogP contribution is -2.00. The van der Waals surface area contributed by atoms with Crippen molar-refractivity contribution in [3.8, 4) is 22.6 Å². The predicted molar refractivity (Wildman–Crippen MR) is 121 cm³/mol. The Morgan fingerprint density at radius 3 is 2.53 bits per heavy atom. The van der Waals surface area contributed by atoms with Gasteiger partial charge in [-0.05, 0) is 92.8 Å². The first-order chi connectivity index (χ1) is 15.6. The van der Waals surface area contributed by atoms with Crippen LogP contribution in [-0.4, -0.2) is 19.6 Å². The van der Waals surface area contributed by atoms with Gasteiger partial charge in [0.15, 0.2) is 17.2 Å². The molecule has 0 bridgehead atoms. The molecule has 2 fully saturated rings. The second-order valence-electron chi connectivity index (χ2n) is 9.16. The molecule has 0 unspecified atom stereocenters. The standard InChI is InChI=1S/C26H25FN4O/c1-15-3-9-22(16(2)28-15)32-23-10-8-19(14-21(23)27)20-11-12-31-24(13-17-4-5-17)29-30-26(31)25(20)18-6-7-18/h3,8-12,14,17-18H,4-7,13H2,1-2H3. The molecule has 0 radical (unpaired) electrons. The summed E-state index contributed by atoms with van der Waals surface area (Å²) >= 11 is 0. The van der Waals surface area contributed by atoms with Crippen LogP contribution in [0.3, 0.4) is 0 Å². The molecule has 2 aliphatic rings. The summed E-state index contributed by atoms with van der Waals surface area (Å²) < 4.78 is 23.0. The van der Waals surface area contributed by atoms with Gasteiger partial charge < -0.3 is 4.74 Å². The highest BCUT2D eigenvalue weighted by molar-refractivity contribution is 5.75. The first-order valence-electron chi connectivity index (χ1n) is 11.4. The number of halogens is 1. The Labute approximate surface area is 186 Å². The van der Waals surface area contributed by atoms with E-state index in [1.807, 2.05) is 38.2 Å². The first-order valence-corrected chi connectivity index (χ1v) is 11.4. The molecule has 0 N–H and O–H groups in total. The average molecular weight is 429 g/mol. The highest BCUT2D eigenvalue weighted by atomic mass is 19.1. The zero-order valence-electron chi connectivity index (χ0n) is 18.3. The van der Waals surface area contributed by atoms with Crippen molar-refractivity contribution >= 4 is 5.65 Å². The van der Waals surface area contributed by atoms with Crippen molar-refractivity contribution in [1.82, 2.24) is 19.6 Å². The maximum Gasteiger partial charge on any atom is 0.166 e. The normalized spacial score (nSPS) is 16.0. The predicted octanol–water partition coefficient (Wildman–Crippen LogP) is 6.17. The topological polar surface area (TPSA) is 52.3 Å². The molecule has 3 heterocycles. The van der Waals surface area contributed by atoms with Crippen LogP contribution in [-0.2, 0) is 6.42 Å². The molecule has 2 aliphatic carbocycles. The molecule has 6 heteroatoms. The minimum absolute atomic E-state index is 0.200. The van der Waals surface area contributed by atoms with Crippen molar-refractivity contribution in [2.75, 3.05) is 0 Å². The second kappa shape index (κ2) is 7.40. The van der Waals surface area contributed by atoms with Crippen molar-refractivity contribution in [2.24, 2.45) is 5.92 Å². The van der Waals surface area contributed by atoms with Crippen LogP contribution < -0.4 is 4.74 Å². The van der Waals surface area contributed by atoms with E-state index in [1.54, 1.807) is 12.1 Å². The third kappa shape index (κ3) is 3.53. The first kappa shape index (κ1) is 19.4. The summed E-state index contributed by atoms with van der Waals surface area (Å²) in [7, 11) is 0. The van der Waals surface area contributed by atoms with Crippen molar-refractivity contribution in [2.45, 2.75) is 51.9 Å². The van der Waals surface area contributed by atoms with Gasteiger partial charge in [-0.2, -0.15) is 0 Å². The van der Waals surface area contributed by atoms with Crippen molar-refractivity contribution < 1.29 is 9.13 Å². The van der Waals surface area contributed by atoms with Crippen molar-refractivity contribution in [1.29, 1.82) is 0 Å². The van der Waals surface area contributed by atoms with Crippen LogP contribution >= 0.6 is 0 Å². The van der Waals surface area contributed by atoms with Gasteiger partial charge in [0.05, 0.1) is 5.69 Å². The molecule has 2 saturated carbocycles. The number of hydrogen-bond donors (Lipinski definition) is 0. The minimum atomic E-state index is -0.389. The third-order valence-electron chi connectivity index (χ3n) is 6.48. The van der Waals surface area contributed by atoms with E-state index in [0.29, 0.717) is 11.7 Å². The van der Waals surface area contributed by atoms with E-state index in [4.69, 9.17) is 4.74 Å². The number of nitrogens with zero attached hydrogens (tertiary/aromatic N) is 4. The zero-order valence-corrected chi connectivity index (χ0v) is 18.3. The highest BCUT2D eigenvalue weighted by Gasteiger charge is 2.31. The van der Waals surface area contributed by atoms with E-state index in [0.717, 1.165) is 59.2 Å². The molecule has 32 heavy (non-hydrogen) atoms. The summed E-state index contributed by atoms with van der Waals surface area (Å²) in [6, 6.07) is 11.0. The van der Waals surface area contributed by atoms with Crippen LogP contribution in [0.25, 0.3) is 16.8 Å². The van der Waals surface area contributed by atoms with Gasteiger partial charge in [-0.15, -0.1) is 10.2 Å². The number of pyridine rings is 2. The number of fused-ring (bicyclic) bond motifs is 1. The second-order valence-corrected chi connectivity index (χ2v) is 9.16. The molecule has 0 saturated heterocycles. The van der Waals surface area contributed by atoms with E-state index in [9.17, 15) is 0 Å². The Bertz CT molecular complexity index is 1340. The molecule has 0 spiro atoms. The summed E-state index contributed by atoms with van der Waals surface area (Å²) in [5.41, 5.74) is 5.62. The monoisotopic (exact) mass is 428 g/mol. The molecule has 0 amide bonds. The van der Waals surface area contributed by atoms with Crippen LogP contribution in [0.2, 0.25) is 0 Å². The largest absolute Gasteiger partial charge is 0.452 e. The summed E-state index contributed by atoms with van der Waals surface area (Å²) in [5, 5.41) is 9.03. The molecule has 1 aromatic carbocycles. The third-order valence-corrected chi connectivity index (χ3v) is 6.48. The average Bonchev–Trinajstić information content (AvgIpc) is 3.70. The number of benzene rings is 1. The van der Waals surface area contributed by atoms with Crippen LogP contribution in [0.4, 0.5) is 4.39 Å². The number of hydrogen-bond acceptors (Lipinski definition) is 4. The molecule has 162 valence electrons. The van der Waals surface area contributed by atoms with E-state index >= 15 is 4.39 Å². The Morgan fingerprint density at radius 1 is 1.00 bits per heavy atom. The van der Waals surface area contributed by atoms with Gasteiger partial charge >= 0.3 is 0 Å². The fourth-order valence-corrected chi connectivity index (χ4v) is 4.42. The lowest BCUT2D eigenvalue weighted by atomic mass is 9.98. The van der Waals surface area contributed by atoms with Crippen LogP contribution in [0.1, 0.15) is 54.4 Å². The van der Waals surface area contributed by atoms with Gasteiger partial charge in [-0.25, -0.2) is 4.39 Å². The number of aromatic nitrogens is 4. The fraction of sp³-hybridized carbons (Fsp3) is 0.346. The maximum absolute atomic E-state index is 15.1. The van der Waals surface area contributed by atoms with Gasteiger partial charge in [0.25, 0.3) is 0 Å². The lowest BCUT2D eigenvalue weighted by Gasteiger charge is -2.13. The van der Waals surface area contributed by atoms with Crippen molar-refractivity contribution in [3.05, 3.63) is 71.2 Å². The van der Waals surface area contributed by atoms with Crippen LogP contribution in [0.15, 0.2) is 42.6 Å². The molecule has 0 atom stereocenters. The smallest absolute Gasteiger partial charge is 0.166 e. The van der Waals surface area contributed by atoms with Crippen molar-refractivity contribution in [3.63, 3.8) is 0 Å². The summed E-state index contributed by atoms with van der Waals surface area (Å²) in [5.74, 6) is 2.63. The van der Waals surface area contributed by atoms with Gasteiger partial charge in [-0.1, -0.05) is 6.07 Å². The summed E-state index contributed by atoms with van der Waals surface area (Å²) in [6.07, 6.45) is 7.88. The molecule has 6 rings (SSSR count). The zero-order chi connectivity index (χ0) is 21.8. The number of aryl methyl sites for hydroxylation is 2. The molecule has 3 aromatic heterocycles. The molecular formula is C26H25FN4O. The Balaban J connectivity index is 1.37. The molecule has 5 nitrogen and oxygen atoms in total. The van der Waals surface area contributed by atoms with E-state index in [1.165, 1.54) is 18.4 Å². The highest BCUT2D eigenvalue weighted by Crippen LogP contribution is 2.46. The maximum atomic E-state index is 15.1. The Morgan fingerprint density at radius 2 is 1.81 bits per heavy atom. The van der Waals surface area contributed by atoms with Crippen LogP contribution in [0.5, 0.6) is 11.5 Å². The minimum Gasteiger partial charge on any atom is -0.452 e. The Hall–Kier alpha value is -3.28. The number of ether oxygens (including phenoxy) is 1.